The number of nitrogens with zero attached hydrogens (tertiary/aromatic N) is 2. The molecule has 0 atom stereocenters. The summed E-state index contributed by atoms with van der Waals surface area (Å²) in [7, 11) is 2.07. The van der Waals surface area contributed by atoms with Gasteiger partial charge in [-0.05, 0) is 24.9 Å². The first-order chi connectivity index (χ1) is 4.79. The molecule has 10 heavy (non-hydrogen) atoms. The molecule has 0 bridgehead atoms. The van der Waals surface area contributed by atoms with E-state index >= 15 is 0 Å². The minimum Gasteiger partial charge on any atom is -0.227 e. The maximum atomic E-state index is 2.23. The monoisotopic (exact) mass is 157 g/mol. The zero-order chi connectivity index (χ0) is 7.56. The zero-order valence-corrected chi connectivity index (χ0v) is 7.48. The van der Waals surface area contributed by atoms with Gasteiger partial charge in [-0.2, -0.15) is 0 Å². The fourth-order valence-electron chi connectivity index (χ4n) is 1.01. The fraction of sp³-hybridized carbons (Fsp3) is 0.571. The molecule has 0 aromatic carbocycles. The fourth-order valence-corrected chi connectivity index (χ4v) is 1.79. The van der Waals surface area contributed by atoms with Crippen molar-refractivity contribution in [2.45, 2.75) is 18.6 Å². The average molecular weight is 157 g/mol. The average Bonchev–Trinajstić information content (AvgIpc) is 2.30. The molecule has 1 aromatic rings. The summed E-state index contributed by atoms with van der Waals surface area (Å²) in [4.78, 5) is 0. The van der Waals surface area contributed by atoms with Gasteiger partial charge in [-0.3, -0.25) is 0 Å². The second kappa shape index (κ2) is 3.10. The molecule has 0 aliphatic rings. The Bertz CT molecular complexity index is 217. The van der Waals surface area contributed by atoms with E-state index in [4.69, 9.17) is 0 Å². The largest absolute Gasteiger partial charge is 0.317 e. The molecular formula is C7H13N2S+. The van der Waals surface area contributed by atoms with Crippen molar-refractivity contribution in [1.82, 2.24) is 4.57 Å². The van der Waals surface area contributed by atoms with Gasteiger partial charge >= 0.3 is 5.16 Å². The van der Waals surface area contributed by atoms with Crippen LogP contribution in [0.25, 0.3) is 0 Å². The summed E-state index contributed by atoms with van der Waals surface area (Å²) in [6, 6.07) is 0. The van der Waals surface area contributed by atoms with Crippen LogP contribution in [0.2, 0.25) is 0 Å². The Morgan fingerprint density at radius 3 is 2.80 bits per heavy atom. The lowest BCUT2D eigenvalue weighted by molar-refractivity contribution is -0.709. The van der Waals surface area contributed by atoms with Gasteiger partial charge in [0.2, 0.25) is 0 Å². The van der Waals surface area contributed by atoms with Crippen LogP contribution in [-0.4, -0.2) is 10.8 Å². The molecule has 1 heterocycles. The molecule has 2 nitrogen and oxygen atoms in total. The van der Waals surface area contributed by atoms with Crippen molar-refractivity contribution >= 4 is 11.8 Å². The Hall–Kier alpha value is -0.440. The highest BCUT2D eigenvalue weighted by Crippen LogP contribution is 2.08. The highest BCUT2D eigenvalue weighted by molar-refractivity contribution is 7.98. The molecule has 0 unspecified atom stereocenters. The van der Waals surface area contributed by atoms with Crippen molar-refractivity contribution in [3.63, 3.8) is 0 Å². The number of thioether (sulfide) groups is 1. The minimum absolute atomic E-state index is 1.05. The van der Waals surface area contributed by atoms with Crippen molar-refractivity contribution in [3.05, 3.63) is 12.4 Å². The van der Waals surface area contributed by atoms with E-state index in [0.29, 0.717) is 0 Å². The van der Waals surface area contributed by atoms with E-state index in [9.17, 15) is 0 Å². The number of aryl methyl sites for hydroxylation is 2. The van der Waals surface area contributed by atoms with Crippen LogP contribution in [0.5, 0.6) is 0 Å². The molecule has 0 N–H and O–H groups in total. The molecule has 56 valence electrons. The van der Waals surface area contributed by atoms with Gasteiger partial charge in [-0.25, -0.2) is 9.13 Å². The number of hydrogen-bond donors (Lipinski definition) is 0. The predicted octanol–water partition coefficient (Wildman–Crippen LogP) is 1.05. The molecule has 3 heteroatoms. The van der Waals surface area contributed by atoms with Crippen LogP contribution in [0.3, 0.4) is 0 Å². The van der Waals surface area contributed by atoms with Gasteiger partial charge in [0, 0.05) is 0 Å². The second-order valence-electron chi connectivity index (χ2n) is 2.18. The third kappa shape index (κ3) is 1.19. The first-order valence-electron chi connectivity index (χ1n) is 3.38. The van der Waals surface area contributed by atoms with Gasteiger partial charge in [0.25, 0.3) is 0 Å². The summed E-state index contributed by atoms with van der Waals surface area (Å²) < 4.78 is 4.36. The molecule has 0 fully saturated rings. The van der Waals surface area contributed by atoms with Gasteiger partial charge in [-0.1, -0.05) is 0 Å². The SMILES string of the molecule is CCn1cc[n+](C)c1SC. The van der Waals surface area contributed by atoms with Gasteiger partial charge in [-0.15, -0.1) is 0 Å². The van der Waals surface area contributed by atoms with Gasteiger partial charge in [0.05, 0.1) is 13.6 Å². The Kier molecular flexibility index (Phi) is 2.38. The lowest BCUT2D eigenvalue weighted by atomic mass is 10.7. The van der Waals surface area contributed by atoms with Crippen LogP contribution >= 0.6 is 11.8 Å². The molecule has 0 spiro atoms. The van der Waals surface area contributed by atoms with Crippen molar-refractivity contribution < 1.29 is 4.57 Å². The highest BCUT2D eigenvalue weighted by atomic mass is 32.2. The Morgan fingerprint density at radius 2 is 2.40 bits per heavy atom. The quantitative estimate of drug-likeness (QED) is 0.460. The van der Waals surface area contributed by atoms with Crippen LogP contribution in [-0.2, 0) is 13.6 Å². The molecule has 0 aliphatic heterocycles. The molecule has 0 aliphatic carbocycles. The first-order valence-corrected chi connectivity index (χ1v) is 4.60. The minimum atomic E-state index is 1.05. The lowest BCUT2D eigenvalue weighted by Crippen LogP contribution is -2.28. The van der Waals surface area contributed by atoms with Crippen LogP contribution in [0.15, 0.2) is 17.6 Å². The van der Waals surface area contributed by atoms with Crippen LogP contribution in [0, 0.1) is 0 Å². The maximum absolute atomic E-state index is 2.23. The van der Waals surface area contributed by atoms with E-state index in [1.54, 1.807) is 11.8 Å². The van der Waals surface area contributed by atoms with Crippen LogP contribution in [0.1, 0.15) is 6.92 Å². The number of hydrogen-bond acceptors (Lipinski definition) is 1. The summed E-state index contributed by atoms with van der Waals surface area (Å²) in [6.45, 7) is 3.21. The van der Waals surface area contributed by atoms with E-state index in [1.165, 1.54) is 5.16 Å². The number of imidazole rings is 1. The molecule has 1 aromatic heterocycles. The third-order valence-electron chi connectivity index (χ3n) is 1.54. The van der Waals surface area contributed by atoms with E-state index in [1.807, 2.05) is 0 Å². The molecule has 0 radical (unpaired) electrons. The highest BCUT2D eigenvalue weighted by Gasteiger charge is 2.09. The lowest BCUT2D eigenvalue weighted by Gasteiger charge is -1.93. The molecule has 0 amide bonds. The molecule has 0 saturated heterocycles. The van der Waals surface area contributed by atoms with Gasteiger partial charge < -0.3 is 0 Å². The zero-order valence-electron chi connectivity index (χ0n) is 6.66. The van der Waals surface area contributed by atoms with E-state index in [0.717, 1.165) is 6.54 Å². The van der Waals surface area contributed by atoms with Crippen molar-refractivity contribution in [2.24, 2.45) is 7.05 Å². The van der Waals surface area contributed by atoms with Gasteiger partial charge in [0.1, 0.15) is 12.4 Å². The third-order valence-corrected chi connectivity index (χ3v) is 2.43. The number of aromatic nitrogens is 2. The summed E-state index contributed by atoms with van der Waals surface area (Å²) >= 11 is 1.78. The van der Waals surface area contributed by atoms with Crippen molar-refractivity contribution in [1.29, 1.82) is 0 Å². The van der Waals surface area contributed by atoms with Crippen molar-refractivity contribution in [3.8, 4) is 0 Å². The molecule has 0 saturated carbocycles. The normalized spacial score (nSPS) is 10.3. The van der Waals surface area contributed by atoms with Crippen LogP contribution in [0.4, 0.5) is 0 Å². The Labute approximate surface area is 65.9 Å². The standard InChI is InChI=1S/C7H13N2S/c1-4-9-6-5-8(2)7(9)10-3/h5-6H,4H2,1-3H3/q+1. The summed E-state index contributed by atoms with van der Waals surface area (Å²) in [5.74, 6) is 0. The van der Waals surface area contributed by atoms with Crippen molar-refractivity contribution in [2.75, 3.05) is 6.26 Å². The van der Waals surface area contributed by atoms with E-state index in [-0.39, 0.29) is 0 Å². The summed E-state index contributed by atoms with van der Waals surface area (Å²) in [5.41, 5.74) is 0. The van der Waals surface area contributed by atoms with Gasteiger partial charge in [0.15, 0.2) is 0 Å². The molecular weight excluding hydrogens is 144 g/mol. The summed E-state index contributed by atoms with van der Waals surface area (Å²) in [6.07, 6.45) is 6.28. The first kappa shape index (κ1) is 7.66. The molecule has 1 rings (SSSR count). The smallest absolute Gasteiger partial charge is 0.227 e. The van der Waals surface area contributed by atoms with E-state index in [2.05, 4.69) is 41.8 Å². The summed E-state index contributed by atoms with van der Waals surface area (Å²) in [5, 5.41) is 1.31. The van der Waals surface area contributed by atoms with E-state index < -0.39 is 0 Å². The van der Waals surface area contributed by atoms with Crippen LogP contribution < -0.4 is 4.57 Å². The number of rotatable bonds is 2. The topological polar surface area (TPSA) is 8.81 Å². The predicted molar refractivity (Wildman–Crippen MR) is 43.1 cm³/mol. The Balaban J connectivity index is 3.01. The maximum Gasteiger partial charge on any atom is 0.317 e. The Morgan fingerprint density at radius 1 is 1.70 bits per heavy atom. The second-order valence-corrected chi connectivity index (χ2v) is 2.96.